The fraction of sp³-hybridized carbons (Fsp3) is 0.250. The first-order valence-corrected chi connectivity index (χ1v) is 8.57. The fourth-order valence-electron chi connectivity index (χ4n) is 3.22. The van der Waals surface area contributed by atoms with Crippen LogP contribution in [0.5, 0.6) is 0 Å². The molecule has 0 fully saturated rings. The Labute approximate surface area is 159 Å². The molecule has 1 aliphatic rings. The van der Waals surface area contributed by atoms with Crippen LogP contribution >= 0.6 is 0 Å². The van der Waals surface area contributed by atoms with E-state index in [9.17, 15) is 27.9 Å². The zero-order valence-electron chi connectivity index (χ0n) is 14.9. The molecule has 2 heterocycles. The number of alkyl halides is 3. The lowest BCUT2D eigenvalue weighted by atomic mass is 9.96. The highest BCUT2D eigenvalue weighted by Crippen LogP contribution is 2.39. The van der Waals surface area contributed by atoms with Crippen LogP contribution in [0.1, 0.15) is 36.1 Å². The monoisotopic (exact) mass is 390 g/mol. The highest BCUT2D eigenvalue weighted by atomic mass is 19.4. The number of rotatable bonds is 5. The van der Waals surface area contributed by atoms with E-state index in [4.69, 9.17) is 0 Å². The van der Waals surface area contributed by atoms with Crippen LogP contribution in [0.2, 0.25) is 0 Å². The van der Waals surface area contributed by atoms with E-state index in [1.54, 1.807) is 19.1 Å². The van der Waals surface area contributed by atoms with Crippen molar-refractivity contribution in [1.82, 2.24) is 9.88 Å². The first-order chi connectivity index (χ1) is 13.2. The van der Waals surface area contributed by atoms with Gasteiger partial charge in [-0.2, -0.15) is 13.2 Å². The number of halogens is 3. The average molecular weight is 390 g/mol. The van der Waals surface area contributed by atoms with E-state index < -0.39 is 35.2 Å². The smallest absolute Gasteiger partial charge is 0.416 e. The second-order valence-corrected chi connectivity index (χ2v) is 6.36. The Balaban J connectivity index is 2.02. The molecule has 1 aromatic carbocycles. The predicted molar refractivity (Wildman–Crippen MR) is 93.9 cm³/mol. The quantitative estimate of drug-likeness (QED) is 0.839. The van der Waals surface area contributed by atoms with E-state index in [1.807, 2.05) is 0 Å². The maximum absolute atomic E-state index is 13.0. The minimum Gasteiger partial charge on any atom is -0.503 e. The number of aromatic nitrogens is 1. The average Bonchev–Trinajstić information content (AvgIpc) is 2.92. The van der Waals surface area contributed by atoms with Crippen LogP contribution in [0.4, 0.5) is 13.2 Å². The third kappa shape index (κ3) is 3.62. The van der Waals surface area contributed by atoms with Crippen molar-refractivity contribution in [3.63, 3.8) is 0 Å². The van der Waals surface area contributed by atoms with Crippen molar-refractivity contribution in [2.75, 3.05) is 0 Å². The zero-order valence-corrected chi connectivity index (χ0v) is 14.9. The standard InChI is InChI=1S/C20H17F3N2O3/c1-2-15(26)16-17(13-6-4-8-24-10-13)25(19(28)18(16)27)11-12-5-3-7-14(9-12)20(21,22)23/h3-10,17,27H,2,11H2,1H3. The number of Topliss-reactive ketones (excluding diaryl/α,β-unsaturated/α-hetero) is 1. The Morgan fingerprint density at radius 3 is 2.61 bits per heavy atom. The van der Waals surface area contributed by atoms with Crippen molar-refractivity contribution in [2.45, 2.75) is 32.1 Å². The van der Waals surface area contributed by atoms with Gasteiger partial charge in [0.2, 0.25) is 0 Å². The summed E-state index contributed by atoms with van der Waals surface area (Å²) in [7, 11) is 0. The van der Waals surface area contributed by atoms with Crippen LogP contribution in [-0.4, -0.2) is 26.7 Å². The number of nitrogens with zero attached hydrogens (tertiary/aromatic N) is 2. The molecule has 0 aliphatic carbocycles. The minimum absolute atomic E-state index is 0.0625. The summed E-state index contributed by atoms with van der Waals surface area (Å²) in [5, 5.41) is 10.3. The first-order valence-electron chi connectivity index (χ1n) is 8.57. The fourth-order valence-corrected chi connectivity index (χ4v) is 3.22. The van der Waals surface area contributed by atoms with Crippen molar-refractivity contribution in [2.24, 2.45) is 0 Å². The SMILES string of the molecule is CCC(=O)C1=C(O)C(=O)N(Cc2cccc(C(F)(F)F)c2)C1c1cccnc1. The van der Waals surface area contributed by atoms with Gasteiger partial charge >= 0.3 is 6.18 Å². The van der Waals surface area contributed by atoms with Gasteiger partial charge in [0.05, 0.1) is 17.2 Å². The summed E-state index contributed by atoms with van der Waals surface area (Å²) >= 11 is 0. The third-order valence-corrected chi connectivity index (χ3v) is 4.53. The maximum atomic E-state index is 13.0. The van der Waals surface area contributed by atoms with E-state index in [0.717, 1.165) is 12.1 Å². The van der Waals surface area contributed by atoms with E-state index in [-0.39, 0.29) is 24.1 Å². The summed E-state index contributed by atoms with van der Waals surface area (Å²) in [6.07, 6.45) is -1.47. The predicted octanol–water partition coefficient (Wildman–Crippen LogP) is 3.98. The summed E-state index contributed by atoms with van der Waals surface area (Å²) in [5.41, 5.74) is -0.178. The first kappa shape index (κ1) is 19.6. The molecule has 0 saturated carbocycles. The molecule has 0 spiro atoms. The van der Waals surface area contributed by atoms with E-state index >= 15 is 0 Å². The number of hydrogen-bond acceptors (Lipinski definition) is 4. The summed E-state index contributed by atoms with van der Waals surface area (Å²) in [6, 6.07) is 6.95. The van der Waals surface area contributed by atoms with Crippen molar-refractivity contribution >= 4 is 11.7 Å². The highest BCUT2D eigenvalue weighted by molar-refractivity contribution is 6.08. The molecule has 1 N–H and O–H groups in total. The van der Waals surface area contributed by atoms with Crippen LogP contribution in [-0.2, 0) is 22.3 Å². The molecule has 1 atom stereocenters. The lowest BCUT2D eigenvalue weighted by molar-refractivity contribution is -0.137. The van der Waals surface area contributed by atoms with Gasteiger partial charge in [-0.05, 0) is 29.3 Å². The Kier molecular flexibility index (Phi) is 5.22. The summed E-state index contributed by atoms with van der Waals surface area (Å²) in [4.78, 5) is 30.2. The van der Waals surface area contributed by atoms with Crippen LogP contribution in [0.25, 0.3) is 0 Å². The summed E-state index contributed by atoms with van der Waals surface area (Å²) in [6.45, 7) is 1.40. The number of carbonyl (C=O) groups excluding carboxylic acids is 2. The Morgan fingerprint density at radius 1 is 1.25 bits per heavy atom. The number of carbonyl (C=O) groups is 2. The molecule has 1 aliphatic heterocycles. The normalized spacial score (nSPS) is 17.4. The number of amides is 1. The number of pyridine rings is 1. The van der Waals surface area contributed by atoms with Crippen molar-refractivity contribution < 1.29 is 27.9 Å². The van der Waals surface area contributed by atoms with Crippen LogP contribution in [0.3, 0.4) is 0 Å². The van der Waals surface area contributed by atoms with Gasteiger partial charge in [0.25, 0.3) is 5.91 Å². The molecule has 2 aromatic rings. The third-order valence-electron chi connectivity index (χ3n) is 4.53. The van der Waals surface area contributed by atoms with E-state index in [1.165, 1.54) is 29.4 Å². The lowest BCUT2D eigenvalue weighted by Gasteiger charge is -2.27. The number of hydrogen-bond donors (Lipinski definition) is 1. The molecule has 0 saturated heterocycles. The topological polar surface area (TPSA) is 70.5 Å². The lowest BCUT2D eigenvalue weighted by Crippen LogP contribution is -2.30. The number of benzene rings is 1. The molecular formula is C20H17F3N2O3. The van der Waals surface area contributed by atoms with Gasteiger partial charge in [-0.15, -0.1) is 0 Å². The van der Waals surface area contributed by atoms with Crippen molar-refractivity contribution in [3.05, 3.63) is 76.8 Å². The molecule has 3 rings (SSSR count). The van der Waals surface area contributed by atoms with Gasteiger partial charge in [-0.1, -0.05) is 25.1 Å². The van der Waals surface area contributed by atoms with Gasteiger partial charge in [0.1, 0.15) is 0 Å². The molecule has 0 radical (unpaired) electrons. The Bertz CT molecular complexity index is 939. The molecule has 8 heteroatoms. The number of aliphatic hydroxyl groups excluding tert-OH is 1. The van der Waals surface area contributed by atoms with E-state index in [0.29, 0.717) is 5.56 Å². The highest BCUT2D eigenvalue weighted by Gasteiger charge is 2.43. The van der Waals surface area contributed by atoms with Crippen LogP contribution < -0.4 is 0 Å². The van der Waals surface area contributed by atoms with E-state index in [2.05, 4.69) is 4.98 Å². The summed E-state index contributed by atoms with van der Waals surface area (Å²) < 4.78 is 39.0. The van der Waals surface area contributed by atoms with Gasteiger partial charge in [-0.3, -0.25) is 14.6 Å². The van der Waals surface area contributed by atoms with Gasteiger partial charge in [0.15, 0.2) is 11.5 Å². The van der Waals surface area contributed by atoms with Gasteiger partial charge in [0, 0.05) is 25.4 Å². The second-order valence-electron chi connectivity index (χ2n) is 6.36. The van der Waals surface area contributed by atoms with Gasteiger partial charge in [-0.25, -0.2) is 0 Å². The molecule has 1 aromatic heterocycles. The molecule has 1 unspecified atom stereocenters. The minimum atomic E-state index is -4.52. The zero-order chi connectivity index (χ0) is 20.5. The molecule has 1 amide bonds. The maximum Gasteiger partial charge on any atom is 0.416 e. The number of ketones is 1. The number of aliphatic hydroxyl groups is 1. The van der Waals surface area contributed by atoms with Crippen LogP contribution in [0.15, 0.2) is 60.1 Å². The largest absolute Gasteiger partial charge is 0.503 e. The van der Waals surface area contributed by atoms with Crippen LogP contribution in [0, 0.1) is 0 Å². The molecule has 28 heavy (non-hydrogen) atoms. The van der Waals surface area contributed by atoms with Crippen molar-refractivity contribution in [3.8, 4) is 0 Å². The molecule has 5 nitrogen and oxygen atoms in total. The Hall–Kier alpha value is -3.16. The second kappa shape index (κ2) is 7.46. The van der Waals surface area contributed by atoms with Crippen molar-refractivity contribution in [1.29, 1.82) is 0 Å². The van der Waals surface area contributed by atoms with Gasteiger partial charge < -0.3 is 10.0 Å². The molecule has 146 valence electrons. The molecule has 0 bridgehead atoms. The summed E-state index contributed by atoms with van der Waals surface area (Å²) in [5.74, 6) is -1.89. The Morgan fingerprint density at radius 2 is 2.00 bits per heavy atom. The molecular weight excluding hydrogens is 373 g/mol.